The van der Waals surface area contributed by atoms with Crippen LogP contribution in [0.4, 0.5) is 10.1 Å². The van der Waals surface area contributed by atoms with Gasteiger partial charge in [0.05, 0.1) is 5.56 Å². The van der Waals surface area contributed by atoms with E-state index in [1.165, 1.54) is 18.2 Å². The van der Waals surface area contributed by atoms with Crippen LogP contribution in [0.3, 0.4) is 0 Å². The van der Waals surface area contributed by atoms with Gasteiger partial charge in [-0.25, -0.2) is 4.39 Å². The zero-order valence-electron chi connectivity index (χ0n) is 9.79. The van der Waals surface area contributed by atoms with Gasteiger partial charge in [-0.2, -0.15) is 0 Å². The van der Waals surface area contributed by atoms with E-state index in [1.807, 2.05) is 24.3 Å². The number of nitrogens with one attached hydrogen (secondary N) is 1. The molecule has 0 heterocycles. The SMILES string of the molecule is O=C(Nc1cccc(CBr)c1)c1ccc(F)cc1Br. The number of alkyl halides is 1. The van der Waals surface area contributed by atoms with E-state index in [0.29, 0.717) is 15.7 Å². The fourth-order valence-corrected chi connectivity index (χ4v) is 2.48. The van der Waals surface area contributed by atoms with Crippen LogP contribution in [-0.4, -0.2) is 5.91 Å². The summed E-state index contributed by atoms with van der Waals surface area (Å²) in [5.41, 5.74) is 2.17. The Labute approximate surface area is 127 Å². The van der Waals surface area contributed by atoms with Crippen LogP contribution in [0.2, 0.25) is 0 Å². The van der Waals surface area contributed by atoms with Gasteiger partial charge in [0.15, 0.2) is 0 Å². The Morgan fingerprint density at radius 3 is 2.68 bits per heavy atom. The van der Waals surface area contributed by atoms with Gasteiger partial charge in [-0.3, -0.25) is 4.79 Å². The van der Waals surface area contributed by atoms with Gasteiger partial charge in [0.2, 0.25) is 0 Å². The first-order valence-corrected chi connectivity index (χ1v) is 7.43. The number of carbonyl (C=O) groups is 1. The number of anilines is 1. The molecule has 0 saturated heterocycles. The second kappa shape index (κ2) is 6.30. The third-order valence-electron chi connectivity index (χ3n) is 2.51. The minimum atomic E-state index is -0.385. The minimum absolute atomic E-state index is 0.279. The second-order valence-corrected chi connectivity index (χ2v) is 5.33. The molecule has 0 bridgehead atoms. The highest BCUT2D eigenvalue weighted by molar-refractivity contribution is 9.10. The van der Waals surface area contributed by atoms with E-state index < -0.39 is 0 Å². The molecule has 0 aliphatic rings. The Hall–Kier alpha value is -1.20. The monoisotopic (exact) mass is 385 g/mol. The summed E-state index contributed by atoms with van der Waals surface area (Å²) in [5.74, 6) is -0.664. The van der Waals surface area contributed by atoms with E-state index in [9.17, 15) is 9.18 Å². The molecule has 0 aliphatic heterocycles. The topological polar surface area (TPSA) is 29.1 Å². The maximum atomic E-state index is 13.0. The van der Waals surface area contributed by atoms with E-state index >= 15 is 0 Å². The van der Waals surface area contributed by atoms with Crippen molar-refractivity contribution in [3.05, 3.63) is 63.9 Å². The quantitative estimate of drug-likeness (QED) is 0.758. The van der Waals surface area contributed by atoms with E-state index in [0.717, 1.165) is 10.9 Å². The van der Waals surface area contributed by atoms with Crippen molar-refractivity contribution in [2.24, 2.45) is 0 Å². The van der Waals surface area contributed by atoms with Crippen LogP contribution in [0.1, 0.15) is 15.9 Å². The molecule has 2 aromatic carbocycles. The van der Waals surface area contributed by atoms with Crippen molar-refractivity contribution in [3.8, 4) is 0 Å². The van der Waals surface area contributed by atoms with E-state index in [1.54, 1.807) is 0 Å². The molecule has 2 nitrogen and oxygen atoms in total. The molecular formula is C14H10Br2FNO. The van der Waals surface area contributed by atoms with Crippen LogP contribution in [0.15, 0.2) is 46.9 Å². The highest BCUT2D eigenvalue weighted by Gasteiger charge is 2.11. The molecule has 0 aromatic heterocycles. The Balaban J connectivity index is 2.20. The predicted molar refractivity (Wildman–Crippen MR) is 81.1 cm³/mol. The number of benzene rings is 2. The largest absolute Gasteiger partial charge is 0.322 e. The summed E-state index contributed by atoms with van der Waals surface area (Å²) in [6, 6.07) is 11.5. The zero-order valence-corrected chi connectivity index (χ0v) is 13.0. The average Bonchev–Trinajstić information content (AvgIpc) is 2.38. The number of hydrogen-bond donors (Lipinski definition) is 1. The molecule has 5 heteroatoms. The number of amides is 1. The molecule has 0 spiro atoms. The molecule has 0 unspecified atom stereocenters. The molecule has 19 heavy (non-hydrogen) atoms. The first kappa shape index (κ1) is 14.2. The minimum Gasteiger partial charge on any atom is -0.322 e. The maximum absolute atomic E-state index is 13.0. The third-order valence-corrected chi connectivity index (χ3v) is 3.82. The molecule has 0 radical (unpaired) electrons. The molecule has 0 aliphatic carbocycles. The molecular weight excluding hydrogens is 377 g/mol. The number of rotatable bonds is 3. The lowest BCUT2D eigenvalue weighted by Gasteiger charge is -2.08. The van der Waals surface area contributed by atoms with Crippen LogP contribution in [0.5, 0.6) is 0 Å². The smallest absolute Gasteiger partial charge is 0.256 e. The molecule has 0 fully saturated rings. The maximum Gasteiger partial charge on any atom is 0.256 e. The average molecular weight is 387 g/mol. The number of halogens is 3. The van der Waals surface area contributed by atoms with Crippen LogP contribution < -0.4 is 5.32 Å². The summed E-state index contributed by atoms with van der Waals surface area (Å²) in [6.45, 7) is 0. The second-order valence-electron chi connectivity index (χ2n) is 3.91. The Kier molecular flexibility index (Phi) is 4.71. The number of carbonyl (C=O) groups excluding carboxylic acids is 1. The van der Waals surface area contributed by atoms with Gasteiger partial charge >= 0.3 is 0 Å². The molecule has 1 amide bonds. The van der Waals surface area contributed by atoms with E-state index in [-0.39, 0.29) is 11.7 Å². The number of hydrogen-bond acceptors (Lipinski definition) is 1. The van der Waals surface area contributed by atoms with Crippen molar-refractivity contribution in [1.29, 1.82) is 0 Å². The van der Waals surface area contributed by atoms with Gasteiger partial charge in [-0.1, -0.05) is 28.1 Å². The highest BCUT2D eigenvalue weighted by atomic mass is 79.9. The summed E-state index contributed by atoms with van der Waals surface area (Å²) in [6.07, 6.45) is 0. The Morgan fingerprint density at radius 2 is 2.00 bits per heavy atom. The third kappa shape index (κ3) is 3.64. The molecule has 1 N–H and O–H groups in total. The fourth-order valence-electron chi connectivity index (χ4n) is 1.60. The van der Waals surface area contributed by atoms with Crippen LogP contribution in [0.25, 0.3) is 0 Å². The molecule has 2 aromatic rings. The van der Waals surface area contributed by atoms with E-state index in [2.05, 4.69) is 37.2 Å². The van der Waals surface area contributed by atoms with Crippen molar-refractivity contribution in [2.75, 3.05) is 5.32 Å². The van der Waals surface area contributed by atoms with Gasteiger partial charge in [-0.05, 0) is 51.8 Å². The summed E-state index contributed by atoms with van der Waals surface area (Å²) in [4.78, 5) is 12.1. The van der Waals surface area contributed by atoms with Gasteiger partial charge < -0.3 is 5.32 Å². The first-order chi connectivity index (χ1) is 9.10. The lowest BCUT2D eigenvalue weighted by atomic mass is 10.2. The lowest BCUT2D eigenvalue weighted by Crippen LogP contribution is -2.12. The fraction of sp³-hybridized carbons (Fsp3) is 0.0714. The summed E-state index contributed by atoms with van der Waals surface area (Å²) < 4.78 is 13.4. The van der Waals surface area contributed by atoms with E-state index in [4.69, 9.17) is 0 Å². The highest BCUT2D eigenvalue weighted by Crippen LogP contribution is 2.20. The molecule has 2 rings (SSSR count). The zero-order chi connectivity index (χ0) is 13.8. The van der Waals surface area contributed by atoms with Crippen LogP contribution in [-0.2, 0) is 5.33 Å². The van der Waals surface area contributed by atoms with Gasteiger partial charge in [0, 0.05) is 15.5 Å². The van der Waals surface area contributed by atoms with Gasteiger partial charge in [0.1, 0.15) is 5.82 Å². The molecule has 0 saturated carbocycles. The Bertz CT molecular complexity index is 616. The van der Waals surface area contributed by atoms with Gasteiger partial charge in [0.25, 0.3) is 5.91 Å². The van der Waals surface area contributed by atoms with Crippen LogP contribution >= 0.6 is 31.9 Å². The van der Waals surface area contributed by atoms with Crippen molar-refractivity contribution >= 4 is 43.5 Å². The van der Waals surface area contributed by atoms with Crippen molar-refractivity contribution in [1.82, 2.24) is 0 Å². The molecule has 98 valence electrons. The molecule has 0 atom stereocenters. The summed E-state index contributed by atoms with van der Waals surface area (Å²) in [5, 5.41) is 3.50. The summed E-state index contributed by atoms with van der Waals surface area (Å²) in [7, 11) is 0. The van der Waals surface area contributed by atoms with Crippen molar-refractivity contribution in [2.45, 2.75) is 5.33 Å². The van der Waals surface area contributed by atoms with Crippen LogP contribution in [0, 0.1) is 5.82 Å². The van der Waals surface area contributed by atoms with Crippen molar-refractivity contribution < 1.29 is 9.18 Å². The normalized spacial score (nSPS) is 10.3. The van der Waals surface area contributed by atoms with Crippen molar-refractivity contribution in [3.63, 3.8) is 0 Å². The first-order valence-electron chi connectivity index (χ1n) is 5.51. The summed E-state index contributed by atoms with van der Waals surface area (Å²) >= 11 is 6.54. The van der Waals surface area contributed by atoms with Gasteiger partial charge in [-0.15, -0.1) is 0 Å². The predicted octanol–water partition coefficient (Wildman–Crippen LogP) is 4.74. The lowest BCUT2D eigenvalue weighted by molar-refractivity contribution is 0.102. The Morgan fingerprint density at radius 1 is 1.21 bits per heavy atom. The standard InChI is InChI=1S/C14H10Br2FNO/c15-8-9-2-1-3-11(6-9)18-14(19)12-5-4-10(17)7-13(12)16/h1-7H,8H2,(H,18,19).